The standard InChI is InChI=1S/C8H17N.CN/c1-3-8-6-4-5-7-9(8)2;1-2/h8H,3-7H2,1-2H3;/q;-1/p+1. The highest BCUT2D eigenvalue weighted by Gasteiger charge is 2.19. The van der Waals surface area contributed by atoms with Gasteiger partial charge in [-0.25, -0.2) is 0 Å². The van der Waals surface area contributed by atoms with Gasteiger partial charge in [-0.2, -0.15) is 0 Å². The SMILES string of the molecule is CCC1CCCC[NH+]1C.[C-]#N. The lowest BCUT2D eigenvalue weighted by molar-refractivity contribution is -0.911. The number of hydrogen-bond donors (Lipinski definition) is 1. The van der Waals surface area contributed by atoms with Gasteiger partial charge in [0.25, 0.3) is 0 Å². The van der Waals surface area contributed by atoms with Crippen LogP contribution in [0.4, 0.5) is 0 Å². The first kappa shape index (κ1) is 10.4. The van der Waals surface area contributed by atoms with Crippen molar-refractivity contribution in [1.29, 1.82) is 5.26 Å². The molecule has 1 heterocycles. The largest absolute Gasteiger partial charge is 0.512 e. The topological polar surface area (TPSA) is 28.2 Å². The predicted octanol–water partition coefficient (Wildman–Crippen LogP) is 0.560. The number of nitrogens with zero attached hydrogens (tertiary/aromatic N) is 1. The van der Waals surface area contributed by atoms with Crippen molar-refractivity contribution in [1.82, 2.24) is 0 Å². The molecule has 0 aliphatic carbocycles. The molecular formula is C9H18N2. The fraction of sp³-hybridized carbons (Fsp3) is 0.889. The monoisotopic (exact) mass is 154 g/mol. The molecule has 2 heteroatoms. The third-order valence-corrected chi connectivity index (χ3v) is 2.56. The number of hydrogen-bond acceptors (Lipinski definition) is 1. The molecule has 0 aromatic carbocycles. The summed E-state index contributed by atoms with van der Waals surface area (Å²) in [6, 6.07) is 0.971. The van der Waals surface area contributed by atoms with Crippen LogP contribution in [0.1, 0.15) is 32.6 Å². The summed E-state index contributed by atoms with van der Waals surface area (Å²) in [6.07, 6.45) is 5.74. The number of likely N-dealkylation sites (tertiary alicyclic amines) is 1. The Morgan fingerprint density at radius 1 is 1.45 bits per heavy atom. The Kier molecular flexibility index (Phi) is 5.87. The molecule has 0 radical (unpaired) electrons. The van der Waals surface area contributed by atoms with Crippen molar-refractivity contribution in [3.63, 3.8) is 0 Å². The summed E-state index contributed by atoms with van der Waals surface area (Å²) in [5, 5.41) is 6.25. The van der Waals surface area contributed by atoms with Crippen molar-refractivity contribution in [3.05, 3.63) is 6.57 Å². The summed E-state index contributed by atoms with van der Waals surface area (Å²) in [5.74, 6) is 0. The van der Waals surface area contributed by atoms with Gasteiger partial charge in [0.1, 0.15) is 0 Å². The summed E-state index contributed by atoms with van der Waals surface area (Å²) in [7, 11) is 2.33. The van der Waals surface area contributed by atoms with Crippen molar-refractivity contribution >= 4 is 0 Å². The van der Waals surface area contributed by atoms with Crippen molar-refractivity contribution in [3.8, 4) is 0 Å². The summed E-state index contributed by atoms with van der Waals surface area (Å²) >= 11 is 0. The van der Waals surface area contributed by atoms with Crippen LogP contribution in [0, 0.1) is 11.8 Å². The molecule has 0 aromatic heterocycles. The second-order valence-electron chi connectivity index (χ2n) is 3.20. The van der Waals surface area contributed by atoms with Crippen LogP contribution in [-0.2, 0) is 0 Å². The van der Waals surface area contributed by atoms with Crippen LogP contribution in [-0.4, -0.2) is 19.6 Å². The highest BCUT2D eigenvalue weighted by Crippen LogP contribution is 2.04. The van der Waals surface area contributed by atoms with Crippen LogP contribution < -0.4 is 4.90 Å². The lowest BCUT2D eigenvalue weighted by Crippen LogP contribution is -3.13. The van der Waals surface area contributed by atoms with Crippen molar-refractivity contribution in [2.24, 2.45) is 0 Å². The second-order valence-corrected chi connectivity index (χ2v) is 3.20. The Morgan fingerprint density at radius 3 is 2.45 bits per heavy atom. The van der Waals surface area contributed by atoms with Crippen LogP contribution in [0.2, 0.25) is 0 Å². The first-order valence-electron chi connectivity index (χ1n) is 4.39. The zero-order chi connectivity index (χ0) is 8.69. The fourth-order valence-electron chi connectivity index (χ4n) is 1.80. The maximum Gasteiger partial charge on any atom is 0.0869 e. The van der Waals surface area contributed by atoms with Crippen molar-refractivity contribution in [2.75, 3.05) is 13.6 Å². The average molecular weight is 154 g/mol. The van der Waals surface area contributed by atoms with E-state index in [0.29, 0.717) is 0 Å². The minimum atomic E-state index is 0.971. The Labute approximate surface area is 69.8 Å². The predicted molar refractivity (Wildman–Crippen MR) is 44.7 cm³/mol. The number of nitrogens with one attached hydrogen (secondary N) is 1. The Morgan fingerprint density at radius 2 is 2.09 bits per heavy atom. The average Bonchev–Trinajstić information content (AvgIpc) is 2.09. The highest BCUT2D eigenvalue weighted by atomic mass is 15.1. The smallest absolute Gasteiger partial charge is 0.0869 e. The third kappa shape index (κ3) is 3.38. The first-order chi connectivity index (χ1) is 5.34. The van der Waals surface area contributed by atoms with Gasteiger partial charge in [0.05, 0.1) is 19.6 Å². The molecule has 1 rings (SSSR count). The third-order valence-electron chi connectivity index (χ3n) is 2.56. The van der Waals surface area contributed by atoms with E-state index in [2.05, 4.69) is 14.0 Å². The first-order valence-corrected chi connectivity index (χ1v) is 4.39. The summed E-state index contributed by atoms with van der Waals surface area (Å²) < 4.78 is 0. The minimum Gasteiger partial charge on any atom is -0.512 e. The van der Waals surface area contributed by atoms with E-state index < -0.39 is 0 Å². The summed E-state index contributed by atoms with van der Waals surface area (Å²) in [6.45, 7) is 8.46. The van der Waals surface area contributed by atoms with E-state index in [-0.39, 0.29) is 0 Å². The van der Waals surface area contributed by atoms with Gasteiger partial charge in [-0.05, 0) is 25.7 Å². The fourth-order valence-corrected chi connectivity index (χ4v) is 1.80. The lowest BCUT2D eigenvalue weighted by Gasteiger charge is -2.28. The molecule has 64 valence electrons. The van der Waals surface area contributed by atoms with E-state index in [0.717, 1.165) is 6.04 Å². The molecule has 2 unspecified atom stereocenters. The van der Waals surface area contributed by atoms with Crippen LogP contribution >= 0.6 is 0 Å². The number of quaternary nitrogens is 1. The Bertz CT molecular complexity index is 109. The quantitative estimate of drug-likeness (QED) is 0.549. The molecule has 0 amide bonds. The zero-order valence-electron chi connectivity index (χ0n) is 7.56. The Hall–Kier alpha value is -0.550. The molecule has 1 fully saturated rings. The van der Waals surface area contributed by atoms with Gasteiger partial charge in [-0.3, -0.25) is 0 Å². The molecular weight excluding hydrogens is 136 g/mol. The number of piperidine rings is 1. The summed E-state index contributed by atoms with van der Waals surface area (Å²) in [5.41, 5.74) is 0. The van der Waals surface area contributed by atoms with E-state index in [1.54, 1.807) is 4.90 Å². The second kappa shape index (κ2) is 6.18. The molecule has 1 aliphatic heterocycles. The normalized spacial score (nSPS) is 30.2. The molecule has 1 saturated heterocycles. The maximum atomic E-state index is 6.25. The van der Waals surface area contributed by atoms with Gasteiger partial charge in [-0.1, -0.05) is 6.92 Å². The molecule has 2 nitrogen and oxygen atoms in total. The van der Waals surface area contributed by atoms with E-state index in [4.69, 9.17) is 11.8 Å². The maximum absolute atomic E-state index is 6.25. The minimum absolute atomic E-state index is 0.971. The van der Waals surface area contributed by atoms with Gasteiger partial charge in [0.15, 0.2) is 0 Å². The van der Waals surface area contributed by atoms with Crippen LogP contribution in [0.25, 0.3) is 0 Å². The molecule has 1 N–H and O–H groups in total. The van der Waals surface area contributed by atoms with Gasteiger partial charge in [0.2, 0.25) is 0 Å². The van der Waals surface area contributed by atoms with Crippen molar-refractivity contribution < 1.29 is 4.90 Å². The van der Waals surface area contributed by atoms with Crippen LogP contribution in [0.3, 0.4) is 0 Å². The van der Waals surface area contributed by atoms with Gasteiger partial charge < -0.3 is 16.7 Å². The highest BCUT2D eigenvalue weighted by molar-refractivity contribution is 4.57. The van der Waals surface area contributed by atoms with Gasteiger partial charge in [0, 0.05) is 0 Å². The molecule has 11 heavy (non-hydrogen) atoms. The van der Waals surface area contributed by atoms with E-state index in [1.807, 2.05) is 0 Å². The van der Waals surface area contributed by atoms with Crippen molar-refractivity contribution in [2.45, 2.75) is 38.6 Å². The molecule has 2 atom stereocenters. The molecule has 0 bridgehead atoms. The van der Waals surface area contributed by atoms with Crippen LogP contribution in [0.15, 0.2) is 0 Å². The number of rotatable bonds is 1. The molecule has 0 aromatic rings. The summed E-state index contributed by atoms with van der Waals surface area (Å²) in [4.78, 5) is 1.75. The lowest BCUT2D eigenvalue weighted by atomic mass is 10.0. The molecule has 0 spiro atoms. The van der Waals surface area contributed by atoms with E-state index in [9.17, 15) is 0 Å². The van der Waals surface area contributed by atoms with E-state index >= 15 is 0 Å². The molecule has 0 saturated carbocycles. The zero-order valence-corrected chi connectivity index (χ0v) is 7.56. The van der Waals surface area contributed by atoms with Crippen LogP contribution in [0.5, 0.6) is 0 Å². The Balaban J connectivity index is 0.000000461. The molecule has 1 aliphatic rings. The van der Waals surface area contributed by atoms with Gasteiger partial charge >= 0.3 is 0 Å². The van der Waals surface area contributed by atoms with Gasteiger partial charge in [-0.15, -0.1) is 0 Å². The van der Waals surface area contributed by atoms with E-state index in [1.165, 1.54) is 32.2 Å².